The van der Waals surface area contributed by atoms with Crippen molar-refractivity contribution in [3.05, 3.63) is 34.3 Å². The molecular formula is C18H28BrIN4. The molecule has 1 atom stereocenters. The molecule has 6 heteroatoms. The first kappa shape index (κ1) is 20.0. The first-order chi connectivity index (χ1) is 11.1. The minimum Gasteiger partial charge on any atom is -0.356 e. The number of aliphatic imine (C=N–C) groups is 1. The number of nitrogens with zero attached hydrogens (tertiary/aromatic N) is 2. The van der Waals surface area contributed by atoms with Crippen molar-refractivity contribution in [1.82, 2.24) is 15.5 Å². The van der Waals surface area contributed by atoms with Gasteiger partial charge in [-0.1, -0.05) is 34.1 Å². The number of rotatable bonds is 5. The maximum absolute atomic E-state index is 4.38. The Kier molecular flexibility index (Phi) is 7.37. The summed E-state index contributed by atoms with van der Waals surface area (Å²) in [6, 6.07) is 8.59. The number of likely N-dealkylation sites (tertiary alicyclic amines) is 1. The van der Waals surface area contributed by atoms with Gasteiger partial charge in [-0.2, -0.15) is 0 Å². The molecule has 1 aromatic rings. The Labute approximate surface area is 171 Å². The van der Waals surface area contributed by atoms with Crippen LogP contribution < -0.4 is 10.6 Å². The number of halogens is 2. The standard InChI is InChI=1S/C18H27BrN4.HI/c1-20-17(21-11-14-7-10-23(2)12-14)22-13-18(8-9-18)15-5-3-4-6-16(15)19;/h3-6,14H,7-13H2,1-2H3,(H2,20,21,22);1H. The second-order valence-corrected chi connectivity index (χ2v) is 7.84. The lowest BCUT2D eigenvalue weighted by atomic mass is 9.96. The Morgan fingerprint density at radius 1 is 1.33 bits per heavy atom. The number of nitrogens with one attached hydrogen (secondary N) is 2. The summed E-state index contributed by atoms with van der Waals surface area (Å²) >= 11 is 3.70. The topological polar surface area (TPSA) is 39.7 Å². The van der Waals surface area contributed by atoms with Crippen LogP contribution in [0.25, 0.3) is 0 Å². The van der Waals surface area contributed by atoms with Gasteiger partial charge in [0.05, 0.1) is 0 Å². The average Bonchev–Trinajstić information content (AvgIpc) is 3.22. The van der Waals surface area contributed by atoms with Crippen LogP contribution in [0.4, 0.5) is 0 Å². The van der Waals surface area contributed by atoms with Gasteiger partial charge in [0.2, 0.25) is 0 Å². The fraction of sp³-hybridized carbons (Fsp3) is 0.611. The third-order valence-electron chi connectivity index (χ3n) is 5.16. The molecule has 1 heterocycles. The fourth-order valence-corrected chi connectivity index (χ4v) is 4.20. The molecule has 1 aromatic carbocycles. The van der Waals surface area contributed by atoms with Crippen LogP contribution in [0, 0.1) is 5.92 Å². The summed E-state index contributed by atoms with van der Waals surface area (Å²) in [6.45, 7) is 4.35. The minimum atomic E-state index is 0. The predicted octanol–water partition coefficient (Wildman–Crippen LogP) is 3.22. The lowest BCUT2D eigenvalue weighted by Gasteiger charge is -2.21. The number of guanidine groups is 1. The van der Waals surface area contributed by atoms with E-state index >= 15 is 0 Å². The van der Waals surface area contributed by atoms with Crippen molar-refractivity contribution in [2.45, 2.75) is 24.7 Å². The lowest BCUT2D eigenvalue weighted by molar-refractivity contribution is 0.393. The van der Waals surface area contributed by atoms with Crippen LogP contribution in [-0.2, 0) is 5.41 Å². The van der Waals surface area contributed by atoms with E-state index in [1.54, 1.807) is 0 Å². The van der Waals surface area contributed by atoms with E-state index in [9.17, 15) is 0 Å². The van der Waals surface area contributed by atoms with Crippen molar-refractivity contribution in [1.29, 1.82) is 0 Å². The molecule has 1 unspecified atom stereocenters. The van der Waals surface area contributed by atoms with Crippen molar-refractivity contribution >= 4 is 45.9 Å². The van der Waals surface area contributed by atoms with Crippen LogP contribution in [0.2, 0.25) is 0 Å². The zero-order valence-corrected chi connectivity index (χ0v) is 18.4. The summed E-state index contributed by atoms with van der Waals surface area (Å²) in [6.07, 6.45) is 3.77. The summed E-state index contributed by atoms with van der Waals surface area (Å²) in [5, 5.41) is 7.04. The zero-order valence-electron chi connectivity index (χ0n) is 14.5. The lowest BCUT2D eigenvalue weighted by Crippen LogP contribution is -2.43. The normalized spacial score (nSPS) is 22.8. The van der Waals surface area contributed by atoms with E-state index in [0.29, 0.717) is 0 Å². The monoisotopic (exact) mass is 506 g/mol. The summed E-state index contributed by atoms with van der Waals surface area (Å²) < 4.78 is 1.22. The highest BCUT2D eigenvalue weighted by Gasteiger charge is 2.45. The highest BCUT2D eigenvalue weighted by Crippen LogP contribution is 2.49. The molecule has 134 valence electrons. The number of benzene rings is 1. The fourth-order valence-electron chi connectivity index (χ4n) is 3.49. The van der Waals surface area contributed by atoms with Crippen LogP contribution in [-0.4, -0.2) is 51.1 Å². The molecule has 0 spiro atoms. The van der Waals surface area contributed by atoms with Gasteiger partial charge in [-0.15, -0.1) is 24.0 Å². The van der Waals surface area contributed by atoms with Gasteiger partial charge < -0.3 is 15.5 Å². The summed E-state index contributed by atoms with van der Waals surface area (Å²) in [5.74, 6) is 1.66. The highest BCUT2D eigenvalue weighted by atomic mass is 127. The zero-order chi connectivity index (χ0) is 16.3. The smallest absolute Gasteiger partial charge is 0.191 e. The molecule has 0 amide bonds. The van der Waals surface area contributed by atoms with E-state index < -0.39 is 0 Å². The summed E-state index contributed by atoms with van der Waals surface area (Å²) in [5.41, 5.74) is 1.69. The van der Waals surface area contributed by atoms with E-state index in [-0.39, 0.29) is 29.4 Å². The van der Waals surface area contributed by atoms with Crippen LogP contribution in [0.1, 0.15) is 24.8 Å². The van der Waals surface area contributed by atoms with E-state index in [1.807, 2.05) is 7.05 Å². The van der Waals surface area contributed by atoms with Crippen molar-refractivity contribution in [3.63, 3.8) is 0 Å². The molecule has 4 nitrogen and oxygen atoms in total. The Balaban J connectivity index is 0.00000208. The largest absolute Gasteiger partial charge is 0.356 e. The van der Waals surface area contributed by atoms with Gasteiger partial charge >= 0.3 is 0 Å². The first-order valence-electron chi connectivity index (χ1n) is 8.51. The minimum absolute atomic E-state index is 0. The molecule has 2 fully saturated rings. The second-order valence-electron chi connectivity index (χ2n) is 6.98. The Bertz CT molecular complexity index is 574. The maximum Gasteiger partial charge on any atom is 0.191 e. The van der Waals surface area contributed by atoms with Gasteiger partial charge in [0.15, 0.2) is 5.96 Å². The average molecular weight is 507 g/mol. The van der Waals surface area contributed by atoms with E-state index in [2.05, 4.69) is 67.8 Å². The second kappa shape index (κ2) is 8.85. The van der Waals surface area contributed by atoms with Crippen LogP contribution in [0.3, 0.4) is 0 Å². The van der Waals surface area contributed by atoms with Crippen LogP contribution in [0.5, 0.6) is 0 Å². The number of hydrogen-bond acceptors (Lipinski definition) is 2. The third-order valence-corrected chi connectivity index (χ3v) is 5.86. The molecule has 24 heavy (non-hydrogen) atoms. The molecule has 1 saturated heterocycles. The van der Waals surface area contributed by atoms with Gasteiger partial charge in [0.1, 0.15) is 0 Å². The van der Waals surface area contributed by atoms with E-state index in [4.69, 9.17) is 0 Å². The van der Waals surface area contributed by atoms with Crippen molar-refractivity contribution in [2.75, 3.05) is 40.3 Å². The van der Waals surface area contributed by atoms with Crippen LogP contribution in [0.15, 0.2) is 33.7 Å². The third kappa shape index (κ3) is 4.85. The SMILES string of the molecule is CN=C(NCC1CCN(C)C1)NCC1(c2ccccc2Br)CC1.I. The van der Waals surface area contributed by atoms with Gasteiger partial charge in [0.25, 0.3) is 0 Å². The molecular weight excluding hydrogens is 479 g/mol. The molecule has 0 aromatic heterocycles. The molecule has 0 radical (unpaired) electrons. The first-order valence-corrected chi connectivity index (χ1v) is 9.30. The van der Waals surface area contributed by atoms with E-state index in [1.165, 1.54) is 42.4 Å². The Morgan fingerprint density at radius 2 is 2.08 bits per heavy atom. The van der Waals surface area contributed by atoms with Gasteiger partial charge in [-0.3, -0.25) is 4.99 Å². The van der Waals surface area contributed by atoms with Gasteiger partial charge in [0, 0.05) is 36.6 Å². The molecule has 2 aliphatic rings. The molecule has 1 saturated carbocycles. The van der Waals surface area contributed by atoms with Crippen LogP contribution >= 0.6 is 39.9 Å². The molecule has 2 N–H and O–H groups in total. The van der Waals surface area contributed by atoms with Crippen molar-refractivity contribution < 1.29 is 0 Å². The Morgan fingerprint density at radius 3 is 2.67 bits per heavy atom. The van der Waals surface area contributed by atoms with Crippen molar-refractivity contribution in [3.8, 4) is 0 Å². The molecule has 1 aliphatic heterocycles. The van der Waals surface area contributed by atoms with E-state index in [0.717, 1.165) is 25.0 Å². The summed E-state index contributed by atoms with van der Waals surface area (Å²) in [4.78, 5) is 6.78. The highest BCUT2D eigenvalue weighted by molar-refractivity contribution is 14.0. The number of hydrogen-bond donors (Lipinski definition) is 2. The predicted molar refractivity (Wildman–Crippen MR) is 115 cm³/mol. The molecule has 0 bridgehead atoms. The van der Waals surface area contributed by atoms with Crippen molar-refractivity contribution in [2.24, 2.45) is 10.9 Å². The summed E-state index contributed by atoms with van der Waals surface area (Å²) in [7, 11) is 4.05. The quantitative estimate of drug-likeness (QED) is 0.366. The van der Waals surface area contributed by atoms with Gasteiger partial charge in [-0.05, 0) is 50.4 Å². The Hall–Kier alpha value is -0.340. The maximum atomic E-state index is 4.38. The van der Waals surface area contributed by atoms with Gasteiger partial charge in [-0.25, -0.2) is 0 Å². The molecule has 1 aliphatic carbocycles. The molecule has 3 rings (SSSR count).